The number of halogens is 1. The molecule has 0 spiro atoms. The number of carbonyl (C=O) groups is 2. The fourth-order valence-corrected chi connectivity index (χ4v) is 9.46. The van der Waals surface area contributed by atoms with E-state index in [9.17, 15) is 9.59 Å². The molecule has 0 radical (unpaired) electrons. The molecule has 8 heteroatoms. The first-order chi connectivity index (χ1) is 20.0. The smallest absolute Gasteiger partial charge is 0.256 e. The third-order valence-electron chi connectivity index (χ3n) is 11.3. The summed E-state index contributed by atoms with van der Waals surface area (Å²) in [5.41, 5.74) is 0.244. The van der Waals surface area contributed by atoms with Gasteiger partial charge in [-0.05, 0) is 76.3 Å². The number of rotatable bonds is 10. The van der Waals surface area contributed by atoms with E-state index in [1.54, 1.807) is 0 Å². The lowest BCUT2D eigenvalue weighted by Gasteiger charge is -2.62. The van der Waals surface area contributed by atoms with E-state index in [4.69, 9.17) is 4.74 Å². The number of amides is 1. The van der Waals surface area contributed by atoms with Crippen LogP contribution in [-0.4, -0.2) is 90.2 Å². The summed E-state index contributed by atoms with van der Waals surface area (Å²) in [5.74, 6) is 0.194. The number of carbonyl (C=O) groups excluding carboxylic acids is 2. The number of ether oxygens (including phenoxy) is 1. The van der Waals surface area contributed by atoms with E-state index in [2.05, 4.69) is 34.3 Å². The Labute approximate surface area is 246 Å². The molecule has 0 bridgehead atoms. The summed E-state index contributed by atoms with van der Waals surface area (Å²) in [4.78, 5) is 32.5. The molecular formula is C33H53FN4O3. The molecule has 5 fully saturated rings. The van der Waals surface area contributed by atoms with Crippen molar-refractivity contribution in [2.24, 2.45) is 17.8 Å². The predicted molar refractivity (Wildman–Crippen MR) is 158 cm³/mol. The topological polar surface area (TPSA) is 73.9 Å². The highest BCUT2D eigenvalue weighted by Gasteiger charge is 2.60. The number of morpholine rings is 1. The highest BCUT2D eigenvalue weighted by atomic mass is 19.1. The van der Waals surface area contributed by atoms with Crippen LogP contribution in [0.2, 0.25) is 0 Å². The molecular weight excluding hydrogens is 519 g/mol. The molecule has 0 aromatic carbocycles. The third-order valence-corrected chi connectivity index (χ3v) is 11.3. The van der Waals surface area contributed by atoms with E-state index in [0.717, 1.165) is 64.7 Å². The van der Waals surface area contributed by atoms with Gasteiger partial charge < -0.3 is 25.2 Å². The lowest BCUT2D eigenvalue weighted by molar-refractivity contribution is -0.215. The molecule has 3 aliphatic heterocycles. The standard InChI is InChI=1S/C33H53FN4O3/c1-3-9-22(10-4-2)36-33(40)25-20-38-29-23-12-6-5-11-21(23)13-14-27(29)41-32-28(35-15-18-37-16-7-8-17-37)26(34)19-24(30(32)38)31(25)39/h20-24,26-30,32,35H,3-19H2,1-2H3,(H,36,40). The van der Waals surface area contributed by atoms with Crippen LogP contribution in [0, 0.1) is 17.8 Å². The molecule has 9 unspecified atom stereocenters. The van der Waals surface area contributed by atoms with Gasteiger partial charge in [0.15, 0.2) is 5.78 Å². The number of nitrogens with one attached hydrogen (secondary N) is 2. The van der Waals surface area contributed by atoms with Crippen molar-refractivity contribution in [1.29, 1.82) is 0 Å². The van der Waals surface area contributed by atoms with Crippen LogP contribution in [-0.2, 0) is 14.3 Å². The van der Waals surface area contributed by atoms with Crippen molar-refractivity contribution >= 4 is 11.7 Å². The summed E-state index contributed by atoms with van der Waals surface area (Å²) in [6.07, 6.45) is 13.9. The normalized spacial score (nSPS) is 38.7. The molecule has 230 valence electrons. The maximum atomic E-state index is 16.1. The minimum absolute atomic E-state index is 0.0196. The van der Waals surface area contributed by atoms with Crippen molar-refractivity contribution in [3.05, 3.63) is 11.8 Å². The van der Waals surface area contributed by atoms with E-state index < -0.39 is 18.1 Å². The molecule has 3 aliphatic carbocycles. The number of likely N-dealkylation sites (tertiary alicyclic amines) is 1. The van der Waals surface area contributed by atoms with Crippen LogP contribution in [0.3, 0.4) is 0 Å². The van der Waals surface area contributed by atoms with Crippen molar-refractivity contribution < 1.29 is 18.7 Å². The second-order valence-electron chi connectivity index (χ2n) is 13.9. The van der Waals surface area contributed by atoms with E-state index in [1.165, 1.54) is 38.5 Å². The summed E-state index contributed by atoms with van der Waals surface area (Å²) in [6.45, 7) is 8.15. The quantitative estimate of drug-likeness (QED) is 0.379. The number of hydrogen-bond acceptors (Lipinski definition) is 6. The van der Waals surface area contributed by atoms with Crippen LogP contribution in [0.15, 0.2) is 11.8 Å². The van der Waals surface area contributed by atoms with Gasteiger partial charge in [0.05, 0.1) is 35.9 Å². The third kappa shape index (κ3) is 5.86. The summed E-state index contributed by atoms with van der Waals surface area (Å²) in [5, 5.41) is 6.76. The highest BCUT2D eigenvalue weighted by Crippen LogP contribution is 2.51. The fourth-order valence-electron chi connectivity index (χ4n) is 9.46. The highest BCUT2D eigenvalue weighted by molar-refractivity contribution is 6.20. The fraction of sp³-hybridized carbons (Fsp3) is 0.879. The van der Waals surface area contributed by atoms with Gasteiger partial charge in [-0.3, -0.25) is 9.59 Å². The average molecular weight is 573 g/mol. The maximum absolute atomic E-state index is 16.1. The minimum Gasteiger partial charge on any atom is -0.369 e. The van der Waals surface area contributed by atoms with Gasteiger partial charge >= 0.3 is 0 Å². The summed E-state index contributed by atoms with van der Waals surface area (Å²) < 4.78 is 23.0. The molecule has 3 heterocycles. The number of Topliss-reactive ketones (excluding diaryl/α,β-unsaturated/α-hetero) is 1. The van der Waals surface area contributed by atoms with Gasteiger partial charge in [-0.15, -0.1) is 0 Å². The van der Waals surface area contributed by atoms with E-state index in [0.29, 0.717) is 11.8 Å². The SMILES string of the molecule is CCCC(CCC)NC(=O)C1=CN2C3C(CCC4CCCCC43)OC3C(NCCN4CCCC4)C(F)CC(C1=O)C32. The predicted octanol–water partition coefficient (Wildman–Crippen LogP) is 4.36. The van der Waals surface area contributed by atoms with Crippen molar-refractivity contribution in [3.8, 4) is 0 Å². The van der Waals surface area contributed by atoms with Crippen molar-refractivity contribution in [1.82, 2.24) is 20.4 Å². The number of alkyl halides is 1. The molecule has 41 heavy (non-hydrogen) atoms. The molecule has 3 saturated carbocycles. The zero-order valence-electron chi connectivity index (χ0n) is 25.4. The Hall–Kier alpha value is -1.51. The minimum atomic E-state index is -1.18. The molecule has 2 N–H and O–H groups in total. The van der Waals surface area contributed by atoms with E-state index in [-0.39, 0.29) is 54.0 Å². The summed E-state index contributed by atoms with van der Waals surface area (Å²) >= 11 is 0. The van der Waals surface area contributed by atoms with Crippen LogP contribution < -0.4 is 10.6 Å². The monoisotopic (exact) mass is 572 g/mol. The van der Waals surface area contributed by atoms with Gasteiger partial charge in [0, 0.05) is 31.2 Å². The Morgan fingerprint density at radius 3 is 2.56 bits per heavy atom. The van der Waals surface area contributed by atoms with Crippen molar-refractivity contribution in [2.75, 3.05) is 26.2 Å². The second-order valence-corrected chi connectivity index (χ2v) is 13.9. The number of hydrogen-bond donors (Lipinski definition) is 2. The summed E-state index contributed by atoms with van der Waals surface area (Å²) in [7, 11) is 0. The van der Waals surface area contributed by atoms with E-state index >= 15 is 4.39 Å². The molecule has 6 rings (SSSR count). The second kappa shape index (κ2) is 13.0. The summed E-state index contributed by atoms with van der Waals surface area (Å²) in [6, 6.07) is -0.408. The lowest BCUT2D eigenvalue weighted by Crippen LogP contribution is -2.74. The Balaban J connectivity index is 1.29. The maximum Gasteiger partial charge on any atom is 0.256 e. The van der Waals surface area contributed by atoms with Crippen molar-refractivity contribution in [2.45, 2.75) is 140 Å². The molecule has 1 amide bonds. The zero-order valence-corrected chi connectivity index (χ0v) is 25.4. The van der Waals surface area contributed by atoms with Crippen LogP contribution in [0.1, 0.15) is 97.3 Å². The first-order valence-corrected chi connectivity index (χ1v) is 17.1. The number of nitrogens with zero attached hydrogens (tertiary/aromatic N) is 2. The molecule has 0 aromatic heterocycles. The largest absolute Gasteiger partial charge is 0.369 e. The Morgan fingerprint density at radius 2 is 1.80 bits per heavy atom. The lowest BCUT2D eigenvalue weighted by atomic mass is 9.63. The first kappa shape index (κ1) is 29.6. The molecule has 9 atom stereocenters. The van der Waals surface area contributed by atoms with Gasteiger partial charge in [-0.2, -0.15) is 0 Å². The Bertz CT molecular complexity index is 964. The van der Waals surface area contributed by atoms with Crippen LogP contribution in [0.4, 0.5) is 4.39 Å². The van der Waals surface area contributed by atoms with Gasteiger partial charge in [0.25, 0.3) is 5.91 Å². The van der Waals surface area contributed by atoms with Crippen LogP contribution in [0.25, 0.3) is 0 Å². The Morgan fingerprint density at radius 1 is 1.05 bits per heavy atom. The first-order valence-electron chi connectivity index (χ1n) is 17.1. The van der Waals surface area contributed by atoms with Crippen LogP contribution in [0.5, 0.6) is 0 Å². The van der Waals surface area contributed by atoms with Crippen molar-refractivity contribution in [3.63, 3.8) is 0 Å². The van der Waals surface area contributed by atoms with E-state index in [1.807, 2.05) is 6.20 Å². The zero-order chi connectivity index (χ0) is 28.5. The van der Waals surface area contributed by atoms with Gasteiger partial charge in [-0.1, -0.05) is 46.0 Å². The molecule has 7 nitrogen and oxygen atoms in total. The van der Waals surface area contributed by atoms with Crippen LogP contribution >= 0.6 is 0 Å². The van der Waals surface area contributed by atoms with Gasteiger partial charge in [-0.25, -0.2) is 4.39 Å². The molecule has 2 saturated heterocycles. The van der Waals surface area contributed by atoms with Gasteiger partial charge in [0.2, 0.25) is 0 Å². The number of fused-ring (bicyclic) bond motifs is 4. The number of ketones is 1. The molecule has 0 aromatic rings. The van der Waals surface area contributed by atoms with Gasteiger partial charge in [0.1, 0.15) is 6.17 Å². The average Bonchev–Trinajstić information content (AvgIpc) is 3.49. The molecule has 6 aliphatic rings. The Kier molecular flexibility index (Phi) is 9.38.